The highest BCUT2D eigenvalue weighted by Gasteiger charge is 2.27. The van der Waals surface area contributed by atoms with Gasteiger partial charge in [-0.2, -0.15) is 0 Å². The summed E-state index contributed by atoms with van der Waals surface area (Å²) in [4.78, 5) is 39.1. The van der Waals surface area contributed by atoms with Crippen LogP contribution in [0.2, 0.25) is 0 Å². The van der Waals surface area contributed by atoms with E-state index in [1.165, 1.54) is 25.9 Å². The lowest BCUT2D eigenvalue weighted by atomic mass is 9.96. The fourth-order valence-corrected chi connectivity index (χ4v) is 5.06. The Hall–Kier alpha value is -2.48. The number of anilines is 1. The molecule has 0 radical (unpaired) electrons. The smallest absolute Gasteiger partial charge is 0.295 e. The van der Waals surface area contributed by atoms with E-state index in [0.29, 0.717) is 31.1 Å². The maximum absolute atomic E-state index is 13.0. The van der Waals surface area contributed by atoms with Crippen molar-refractivity contribution in [3.05, 3.63) is 28.7 Å². The second kappa shape index (κ2) is 10.4. The molecule has 0 saturated carbocycles. The van der Waals surface area contributed by atoms with Crippen LogP contribution in [0.5, 0.6) is 0 Å². The third-order valence-electron chi connectivity index (χ3n) is 6.86. The van der Waals surface area contributed by atoms with Gasteiger partial charge in [-0.3, -0.25) is 14.2 Å². The van der Waals surface area contributed by atoms with Crippen molar-refractivity contribution in [1.82, 2.24) is 24.8 Å². The minimum absolute atomic E-state index is 0.0109. The Morgan fingerprint density at radius 3 is 2.78 bits per heavy atom. The largest absolute Gasteiger partial charge is 0.356 e. The summed E-state index contributed by atoms with van der Waals surface area (Å²) in [6.45, 7) is 10.3. The van der Waals surface area contributed by atoms with Crippen LogP contribution < -0.4 is 15.8 Å². The molecule has 4 rings (SSSR count). The second-order valence-electron chi connectivity index (χ2n) is 9.28. The minimum Gasteiger partial charge on any atom is -0.356 e. The fraction of sp³-hybridized carbons (Fsp3) is 0.667. The number of likely N-dealkylation sites (tertiary alicyclic amines) is 1. The number of pyridine rings is 1. The van der Waals surface area contributed by atoms with Crippen molar-refractivity contribution < 1.29 is 4.79 Å². The van der Waals surface area contributed by atoms with Gasteiger partial charge in [0.25, 0.3) is 5.56 Å². The molecular formula is C24H36N6O2. The first kappa shape index (κ1) is 22.7. The molecule has 174 valence electrons. The number of aromatic nitrogens is 3. The standard InChI is InChI=1S/C24H36N6O2/c1-3-30-21-20(8-4-11-25-21)27-22(24(30)32)29-15-9-19(10-16-29)23(31)26-12-6-14-28-13-5-7-18(2)17-28/h4,8,11,18-19H,3,5-7,9-10,12-17H2,1-2H3,(H,26,31)/t18-/m0/s1. The Morgan fingerprint density at radius 1 is 1.22 bits per heavy atom. The first-order chi connectivity index (χ1) is 15.6. The van der Waals surface area contributed by atoms with Gasteiger partial charge in [0.15, 0.2) is 11.5 Å². The van der Waals surface area contributed by atoms with E-state index in [1.54, 1.807) is 10.8 Å². The first-order valence-electron chi connectivity index (χ1n) is 12.2. The molecule has 2 fully saturated rings. The number of hydrogen-bond donors (Lipinski definition) is 1. The van der Waals surface area contributed by atoms with Gasteiger partial charge in [-0.15, -0.1) is 0 Å². The van der Waals surface area contributed by atoms with Crippen molar-refractivity contribution in [3.63, 3.8) is 0 Å². The van der Waals surface area contributed by atoms with Crippen molar-refractivity contribution in [2.24, 2.45) is 11.8 Å². The third-order valence-corrected chi connectivity index (χ3v) is 6.86. The van der Waals surface area contributed by atoms with Crippen LogP contribution in [0.1, 0.15) is 46.0 Å². The molecule has 2 aromatic heterocycles. The minimum atomic E-state index is -0.103. The summed E-state index contributed by atoms with van der Waals surface area (Å²) in [5.41, 5.74) is 1.25. The number of aryl methyl sites for hydroxylation is 1. The van der Waals surface area contributed by atoms with Crippen molar-refractivity contribution in [2.75, 3.05) is 44.2 Å². The zero-order valence-electron chi connectivity index (χ0n) is 19.4. The summed E-state index contributed by atoms with van der Waals surface area (Å²) in [5, 5.41) is 3.14. The molecule has 2 aliphatic heterocycles. The van der Waals surface area contributed by atoms with Gasteiger partial charge in [0.05, 0.1) is 0 Å². The number of nitrogens with one attached hydrogen (secondary N) is 1. The molecule has 0 bridgehead atoms. The molecule has 2 aromatic rings. The normalized spacial score (nSPS) is 20.6. The summed E-state index contributed by atoms with van der Waals surface area (Å²) in [6, 6.07) is 3.73. The zero-order chi connectivity index (χ0) is 22.5. The van der Waals surface area contributed by atoms with E-state index in [4.69, 9.17) is 0 Å². The van der Waals surface area contributed by atoms with Gasteiger partial charge >= 0.3 is 0 Å². The van der Waals surface area contributed by atoms with Crippen LogP contribution in [0, 0.1) is 11.8 Å². The van der Waals surface area contributed by atoms with Gasteiger partial charge in [0, 0.05) is 44.8 Å². The van der Waals surface area contributed by atoms with Crippen LogP contribution in [-0.2, 0) is 11.3 Å². The molecule has 4 heterocycles. The lowest BCUT2D eigenvalue weighted by Crippen LogP contribution is -2.44. The quantitative estimate of drug-likeness (QED) is 0.665. The molecule has 2 saturated heterocycles. The van der Waals surface area contributed by atoms with E-state index in [2.05, 4.69) is 27.1 Å². The molecule has 1 amide bonds. The molecule has 8 heteroatoms. The number of nitrogens with zero attached hydrogens (tertiary/aromatic N) is 5. The summed E-state index contributed by atoms with van der Waals surface area (Å²) in [7, 11) is 0. The Balaban J connectivity index is 1.28. The lowest BCUT2D eigenvalue weighted by Gasteiger charge is -2.32. The van der Waals surface area contributed by atoms with Crippen LogP contribution in [0.4, 0.5) is 5.82 Å². The van der Waals surface area contributed by atoms with Gasteiger partial charge in [-0.1, -0.05) is 6.92 Å². The van der Waals surface area contributed by atoms with Crippen molar-refractivity contribution in [2.45, 2.75) is 52.5 Å². The average molecular weight is 441 g/mol. The van der Waals surface area contributed by atoms with Crippen LogP contribution in [0.3, 0.4) is 0 Å². The van der Waals surface area contributed by atoms with E-state index < -0.39 is 0 Å². The van der Waals surface area contributed by atoms with E-state index >= 15 is 0 Å². The number of carbonyl (C=O) groups excluding carboxylic acids is 1. The van der Waals surface area contributed by atoms with E-state index in [1.807, 2.05) is 24.0 Å². The van der Waals surface area contributed by atoms with E-state index in [9.17, 15) is 9.59 Å². The SMILES string of the molecule is CCn1c(=O)c(N2CCC(C(=O)NCCCN3CCC[C@H](C)C3)CC2)nc2cccnc21. The molecule has 0 spiro atoms. The maximum atomic E-state index is 13.0. The summed E-state index contributed by atoms with van der Waals surface area (Å²) in [5.74, 6) is 1.43. The topological polar surface area (TPSA) is 83.4 Å². The summed E-state index contributed by atoms with van der Waals surface area (Å²) < 4.78 is 1.68. The highest BCUT2D eigenvalue weighted by molar-refractivity contribution is 5.79. The lowest BCUT2D eigenvalue weighted by molar-refractivity contribution is -0.125. The van der Waals surface area contributed by atoms with Crippen LogP contribution in [0.15, 0.2) is 23.1 Å². The third kappa shape index (κ3) is 5.11. The molecule has 2 aliphatic rings. The Morgan fingerprint density at radius 2 is 2.03 bits per heavy atom. The van der Waals surface area contributed by atoms with Crippen molar-refractivity contribution in [1.29, 1.82) is 0 Å². The number of rotatable bonds is 7. The average Bonchev–Trinajstić information content (AvgIpc) is 2.81. The highest BCUT2D eigenvalue weighted by Crippen LogP contribution is 2.22. The molecule has 32 heavy (non-hydrogen) atoms. The van der Waals surface area contributed by atoms with Gasteiger partial charge in [-0.05, 0) is 70.2 Å². The molecule has 1 atom stereocenters. The molecule has 0 aliphatic carbocycles. The summed E-state index contributed by atoms with van der Waals surface area (Å²) >= 11 is 0. The monoisotopic (exact) mass is 440 g/mol. The van der Waals surface area contributed by atoms with Gasteiger partial charge in [-0.25, -0.2) is 9.97 Å². The number of piperidine rings is 2. The Labute approximate surface area is 190 Å². The fourth-order valence-electron chi connectivity index (χ4n) is 5.06. The predicted octanol–water partition coefficient (Wildman–Crippen LogP) is 2.27. The van der Waals surface area contributed by atoms with E-state index in [-0.39, 0.29) is 17.4 Å². The molecule has 1 N–H and O–H groups in total. The van der Waals surface area contributed by atoms with Crippen molar-refractivity contribution in [3.8, 4) is 0 Å². The first-order valence-corrected chi connectivity index (χ1v) is 12.2. The van der Waals surface area contributed by atoms with Crippen LogP contribution >= 0.6 is 0 Å². The number of amides is 1. The molecular weight excluding hydrogens is 404 g/mol. The van der Waals surface area contributed by atoms with E-state index in [0.717, 1.165) is 43.8 Å². The Bertz CT molecular complexity index is 982. The second-order valence-corrected chi connectivity index (χ2v) is 9.28. The number of carbonyl (C=O) groups is 1. The van der Waals surface area contributed by atoms with Gasteiger partial charge < -0.3 is 15.1 Å². The van der Waals surface area contributed by atoms with Crippen molar-refractivity contribution >= 4 is 22.9 Å². The molecule has 0 aromatic carbocycles. The van der Waals surface area contributed by atoms with Gasteiger partial charge in [0.1, 0.15) is 5.52 Å². The Kier molecular flexibility index (Phi) is 7.40. The molecule has 0 unspecified atom stereocenters. The van der Waals surface area contributed by atoms with Gasteiger partial charge in [0.2, 0.25) is 5.91 Å². The van der Waals surface area contributed by atoms with Crippen LogP contribution in [-0.4, -0.2) is 64.6 Å². The maximum Gasteiger partial charge on any atom is 0.295 e. The summed E-state index contributed by atoms with van der Waals surface area (Å²) in [6.07, 6.45) is 6.80. The molecule has 8 nitrogen and oxygen atoms in total. The van der Waals surface area contributed by atoms with Crippen LogP contribution in [0.25, 0.3) is 11.2 Å². The highest BCUT2D eigenvalue weighted by atomic mass is 16.2. The number of hydrogen-bond acceptors (Lipinski definition) is 6. The zero-order valence-corrected chi connectivity index (χ0v) is 19.4. The predicted molar refractivity (Wildman–Crippen MR) is 127 cm³/mol. The number of fused-ring (bicyclic) bond motifs is 1.